The first-order valence-corrected chi connectivity index (χ1v) is 5.99. The van der Waals surface area contributed by atoms with Crippen LogP contribution in [0.15, 0.2) is 18.2 Å². The van der Waals surface area contributed by atoms with Crippen LogP contribution in [0.25, 0.3) is 0 Å². The van der Waals surface area contributed by atoms with E-state index >= 15 is 0 Å². The summed E-state index contributed by atoms with van der Waals surface area (Å²) < 4.78 is 0. The lowest BCUT2D eigenvalue weighted by Gasteiger charge is -2.18. The number of benzene rings is 1. The molecule has 0 unspecified atom stereocenters. The van der Waals surface area contributed by atoms with E-state index in [1.807, 2.05) is 0 Å². The summed E-state index contributed by atoms with van der Waals surface area (Å²) in [5, 5.41) is 8.73. The first kappa shape index (κ1) is 13.2. The average molecular weight is 221 g/mol. The summed E-state index contributed by atoms with van der Waals surface area (Å²) in [7, 11) is 2.14. The zero-order valence-electron chi connectivity index (χ0n) is 10.7. The highest BCUT2D eigenvalue weighted by Crippen LogP contribution is 2.12. The summed E-state index contributed by atoms with van der Waals surface area (Å²) in [5.41, 5.74) is 4.09. The van der Waals surface area contributed by atoms with E-state index in [9.17, 15) is 0 Å². The van der Waals surface area contributed by atoms with Gasteiger partial charge >= 0.3 is 0 Å². The van der Waals surface area contributed by atoms with E-state index < -0.39 is 0 Å². The van der Waals surface area contributed by atoms with Gasteiger partial charge in [-0.2, -0.15) is 0 Å². The fourth-order valence-corrected chi connectivity index (χ4v) is 1.89. The van der Waals surface area contributed by atoms with E-state index in [2.05, 4.69) is 44.0 Å². The van der Waals surface area contributed by atoms with Gasteiger partial charge in [-0.15, -0.1) is 0 Å². The summed E-state index contributed by atoms with van der Waals surface area (Å²) in [6.45, 7) is 6.65. The minimum atomic E-state index is 0.303. The van der Waals surface area contributed by atoms with Crippen molar-refractivity contribution in [1.29, 1.82) is 0 Å². The van der Waals surface area contributed by atoms with Crippen LogP contribution in [0.2, 0.25) is 0 Å². The number of unbranched alkanes of at least 4 members (excludes halogenated alkanes) is 1. The molecule has 0 heterocycles. The number of aliphatic hydroxyl groups is 1. The third kappa shape index (κ3) is 4.33. The third-order valence-electron chi connectivity index (χ3n) is 2.89. The molecule has 1 N–H and O–H groups in total. The molecule has 0 atom stereocenters. The van der Waals surface area contributed by atoms with Crippen LogP contribution in [0.5, 0.6) is 0 Å². The van der Waals surface area contributed by atoms with Crippen molar-refractivity contribution in [3.63, 3.8) is 0 Å². The second-order valence-electron chi connectivity index (χ2n) is 4.60. The Balaban J connectivity index is 2.46. The summed E-state index contributed by atoms with van der Waals surface area (Å²) in [4.78, 5) is 2.31. The molecule has 1 aromatic carbocycles. The van der Waals surface area contributed by atoms with Gasteiger partial charge in [0.1, 0.15) is 0 Å². The molecule has 0 fully saturated rings. The fourth-order valence-electron chi connectivity index (χ4n) is 1.89. The Morgan fingerprint density at radius 3 is 2.56 bits per heavy atom. The van der Waals surface area contributed by atoms with Gasteiger partial charge < -0.3 is 10.0 Å². The molecule has 0 bridgehead atoms. The number of hydrogen-bond acceptors (Lipinski definition) is 2. The van der Waals surface area contributed by atoms with E-state index in [1.165, 1.54) is 16.7 Å². The lowest BCUT2D eigenvalue weighted by atomic mass is 10.1. The van der Waals surface area contributed by atoms with Crippen LogP contribution in [0.4, 0.5) is 0 Å². The van der Waals surface area contributed by atoms with Crippen molar-refractivity contribution >= 4 is 0 Å². The smallest absolute Gasteiger partial charge is 0.0431 e. The zero-order chi connectivity index (χ0) is 12.0. The molecule has 0 amide bonds. The van der Waals surface area contributed by atoms with Gasteiger partial charge in [-0.3, -0.25) is 0 Å². The van der Waals surface area contributed by atoms with E-state index in [-0.39, 0.29) is 0 Å². The molecule has 0 saturated carbocycles. The van der Waals surface area contributed by atoms with Crippen LogP contribution in [0, 0.1) is 13.8 Å². The zero-order valence-corrected chi connectivity index (χ0v) is 10.7. The van der Waals surface area contributed by atoms with Crippen molar-refractivity contribution in [1.82, 2.24) is 4.90 Å². The minimum absolute atomic E-state index is 0.303. The molecular weight excluding hydrogens is 198 g/mol. The highest BCUT2D eigenvalue weighted by molar-refractivity contribution is 5.30. The largest absolute Gasteiger partial charge is 0.396 e. The van der Waals surface area contributed by atoms with E-state index in [0.29, 0.717) is 6.61 Å². The van der Waals surface area contributed by atoms with Crippen molar-refractivity contribution in [2.75, 3.05) is 20.2 Å². The second-order valence-corrected chi connectivity index (χ2v) is 4.60. The molecule has 1 aromatic rings. The van der Waals surface area contributed by atoms with Gasteiger partial charge in [-0.1, -0.05) is 23.8 Å². The molecule has 0 aromatic heterocycles. The highest BCUT2D eigenvalue weighted by Gasteiger charge is 2.03. The van der Waals surface area contributed by atoms with Gasteiger partial charge in [0.05, 0.1) is 0 Å². The Morgan fingerprint density at radius 2 is 1.94 bits per heavy atom. The van der Waals surface area contributed by atoms with Crippen LogP contribution in [0.3, 0.4) is 0 Å². The highest BCUT2D eigenvalue weighted by atomic mass is 16.2. The van der Waals surface area contributed by atoms with Crippen molar-refractivity contribution in [3.05, 3.63) is 34.9 Å². The van der Waals surface area contributed by atoms with Crippen molar-refractivity contribution in [3.8, 4) is 0 Å². The van der Waals surface area contributed by atoms with Crippen molar-refractivity contribution in [2.24, 2.45) is 0 Å². The number of aryl methyl sites for hydroxylation is 2. The van der Waals surface area contributed by atoms with Crippen LogP contribution in [0.1, 0.15) is 29.5 Å². The average Bonchev–Trinajstić information content (AvgIpc) is 2.23. The maximum atomic E-state index is 8.73. The van der Waals surface area contributed by atoms with Crippen molar-refractivity contribution in [2.45, 2.75) is 33.2 Å². The fraction of sp³-hybridized carbons (Fsp3) is 0.571. The molecule has 1 rings (SSSR count). The molecule has 90 valence electrons. The maximum absolute atomic E-state index is 8.73. The molecular formula is C14H23NO. The van der Waals surface area contributed by atoms with Crippen LogP contribution >= 0.6 is 0 Å². The van der Waals surface area contributed by atoms with Crippen molar-refractivity contribution < 1.29 is 5.11 Å². The van der Waals surface area contributed by atoms with E-state index in [0.717, 1.165) is 25.9 Å². The Morgan fingerprint density at radius 1 is 1.19 bits per heavy atom. The first-order valence-electron chi connectivity index (χ1n) is 5.99. The van der Waals surface area contributed by atoms with Gasteiger partial charge in [0.15, 0.2) is 0 Å². The Hall–Kier alpha value is -0.860. The number of rotatable bonds is 6. The molecule has 2 nitrogen and oxygen atoms in total. The van der Waals surface area contributed by atoms with E-state index in [4.69, 9.17) is 5.11 Å². The van der Waals surface area contributed by atoms with E-state index in [1.54, 1.807) is 0 Å². The van der Waals surface area contributed by atoms with Crippen LogP contribution < -0.4 is 0 Å². The standard InChI is InChI=1S/C14H23NO/c1-12-6-7-14(13(2)10-12)11-15(3)8-4-5-9-16/h6-7,10,16H,4-5,8-9,11H2,1-3H3. The summed E-state index contributed by atoms with van der Waals surface area (Å²) in [5.74, 6) is 0. The molecule has 2 heteroatoms. The van der Waals surface area contributed by atoms with Gasteiger partial charge in [0.2, 0.25) is 0 Å². The topological polar surface area (TPSA) is 23.5 Å². The molecule has 16 heavy (non-hydrogen) atoms. The molecule has 0 aliphatic carbocycles. The third-order valence-corrected chi connectivity index (χ3v) is 2.89. The SMILES string of the molecule is Cc1ccc(CN(C)CCCCO)c(C)c1. The Bertz CT molecular complexity index is 323. The van der Waals surface area contributed by atoms with Gasteiger partial charge in [-0.05, 0) is 51.4 Å². The summed E-state index contributed by atoms with van der Waals surface area (Å²) in [6.07, 6.45) is 1.97. The number of hydrogen-bond donors (Lipinski definition) is 1. The van der Waals surface area contributed by atoms with Gasteiger partial charge in [-0.25, -0.2) is 0 Å². The second kappa shape index (κ2) is 6.66. The number of aliphatic hydroxyl groups excluding tert-OH is 1. The predicted molar refractivity (Wildman–Crippen MR) is 68.6 cm³/mol. The molecule has 0 aliphatic rings. The summed E-state index contributed by atoms with van der Waals surface area (Å²) in [6, 6.07) is 6.62. The molecule has 0 saturated heterocycles. The lowest BCUT2D eigenvalue weighted by molar-refractivity contribution is 0.261. The summed E-state index contributed by atoms with van der Waals surface area (Å²) >= 11 is 0. The van der Waals surface area contributed by atoms with Gasteiger partial charge in [0.25, 0.3) is 0 Å². The minimum Gasteiger partial charge on any atom is -0.396 e. The van der Waals surface area contributed by atoms with Crippen LogP contribution in [-0.4, -0.2) is 30.2 Å². The Labute approximate surface area is 98.9 Å². The lowest BCUT2D eigenvalue weighted by Crippen LogP contribution is -2.19. The van der Waals surface area contributed by atoms with Gasteiger partial charge in [0, 0.05) is 13.2 Å². The quantitative estimate of drug-likeness (QED) is 0.746. The van der Waals surface area contributed by atoms with Crippen LogP contribution in [-0.2, 0) is 6.54 Å². The molecule has 0 radical (unpaired) electrons. The molecule has 0 spiro atoms. The normalized spacial score (nSPS) is 11.1. The number of nitrogens with zero attached hydrogens (tertiary/aromatic N) is 1. The monoisotopic (exact) mass is 221 g/mol. The molecule has 0 aliphatic heterocycles. The predicted octanol–water partition coefficient (Wildman–Crippen LogP) is 2.51. The maximum Gasteiger partial charge on any atom is 0.0431 e. The Kier molecular flexibility index (Phi) is 5.50. The first-order chi connectivity index (χ1) is 7.63.